The molecule has 0 bridgehead atoms. The fourth-order valence-corrected chi connectivity index (χ4v) is 2.71. The van der Waals surface area contributed by atoms with Crippen LogP contribution in [0.1, 0.15) is 30.9 Å². The number of hydrogen-bond donors (Lipinski definition) is 2. The zero-order valence-corrected chi connectivity index (χ0v) is 12.6. The molecule has 5 nitrogen and oxygen atoms in total. The molecule has 0 saturated heterocycles. The number of benzene rings is 1. The first-order valence-corrected chi connectivity index (χ1v) is 7.34. The molecule has 0 fully saturated rings. The fraction of sp³-hybridized carbons (Fsp3) is 0.500. The Morgan fingerprint density at radius 1 is 1.48 bits per heavy atom. The van der Waals surface area contributed by atoms with Gasteiger partial charge in [0.25, 0.3) is 0 Å². The molecular weight excluding hydrogens is 268 g/mol. The minimum absolute atomic E-state index is 0.0738. The van der Waals surface area contributed by atoms with E-state index in [0.717, 1.165) is 29.8 Å². The maximum absolute atomic E-state index is 11.7. The van der Waals surface area contributed by atoms with E-state index in [1.807, 2.05) is 18.2 Å². The van der Waals surface area contributed by atoms with Crippen molar-refractivity contribution in [3.8, 4) is 0 Å². The summed E-state index contributed by atoms with van der Waals surface area (Å²) in [6.07, 6.45) is 2.18. The van der Waals surface area contributed by atoms with Crippen LogP contribution in [0.4, 0.5) is 5.69 Å². The third-order valence-corrected chi connectivity index (χ3v) is 3.81. The smallest absolute Gasteiger partial charge is 0.304 e. The molecule has 114 valence electrons. The molecule has 2 rings (SSSR count). The van der Waals surface area contributed by atoms with Crippen molar-refractivity contribution in [3.05, 3.63) is 29.3 Å². The van der Waals surface area contributed by atoms with E-state index < -0.39 is 5.97 Å². The molecule has 0 aliphatic carbocycles. The van der Waals surface area contributed by atoms with Crippen molar-refractivity contribution < 1.29 is 14.7 Å². The number of likely N-dealkylation sites (N-methyl/N-ethyl adjacent to an activating group) is 1. The van der Waals surface area contributed by atoms with Gasteiger partial charge in [-0.1, -0.05) is 19.1 Å². The second-order valence-electron chi connectivity index (χ2n) is 5.55. The standard InChI is InChI=1S/C16H22N2O3/c1-3-6-17-13(10-16(20)21)8-11-4-5-14-12(7-11)9-15(19)18(14)2/h4-5,7,13,17H,3,6,8-10H2,1-2H3,(H,20,21). The quantitative estimate of drug-likeness (QED) is 0.800. The normalized spacial score (nSPS) is 15.1. The molecule has 1 aromatic carbocycles. The number of carboxylic acid groups (broad SMARTS) is 1. The van der Waals surface area contributed by atoms with Crippen molar-refractivity contribution in [2.24, 2.45) is 0 Å². The van der Waals surface area contributed by atoms with Gasteiger partial charge in [-0.25, -0.2) is 0 Å². The topological polar surface area (TPSA) is 69.6 Å². The van der Waals surface area contributed by atoms with Crippen molar-refractivity contribution in [1.29, 1.82) is 0 Å². The predicted molar refractivity (Wildman–Crippen MR) is 81.6 cm³/mol. The summed E-state index contributed by atoms with van der Waals surface area (Å²) in [5.74, 6) is -0.687. The molecule has 5 heteroatoms. The molecule has 1 heterocycles. The van der Waals surface area contributed by atoms with E-state index in [-0.39, 0.29) is 18.4 Å². The molecule has 1 aliphatic rings. The highest BCUT2D eigenvalue weighted by molar-refractivity contribution is 6.00. The van der Waals surface area contributed by atoms with E-state index in [9.17, 15) is 9.59 Å². The number of amides is 1. The molecule has 1 aromatic rings. The van der Waals surface area contributed by atoms with Crippen LogP contribution in [-0.4, -0.2) is 36.6 Å². The minimum atomic E-state index is -0.792. The number of carbonyl (C=O) groups is 2. The van der Waals surface area contributed by atoms with Crippen LogP contribution >= 0.6 is 0 Å². The van der Waals surface area contributed by atoms with Gasteiger partial charge in [0.2, 0.25) is 5.91 Å². The van der Waals surface area contributed by atoms with Gasteiger partial charge in [0.1, 0.15) is 0 Å². The molecule has 0 radical (unpaired) electrons. The van der Waals surface area contributed by atoms with Crippen molar-refractivity contribution >= 4 is 17.6 Å². The fourth-order valence-electron chi connectivity index (χ4n) is 2.71. The number of hydrogen-bond acceptors (Lipinski definition) is 3. The summed E-state index contributed by atoms with van der Waals surface area (Å²) >= 11 is 0. The second-order valence-corrected chi connectivity index (χ2v) is 5.55. The number of anilines is 1. The van der Waals surface area contributed by atoms with Crippen molar-refractivity contribution in [1.82, 2.24) is 5.32 Å². The molecular formula is C16H22N2O3. The zero-order valence-electron chi connectivity index (χ0n) is 12.6. The lowest BCUT2D eigenvalue weighted by molar-refractivity contribution is -0.137. The molecule has 0 saturated carbocycles. The van der Waals surface area contributed by atoms with Gasteiger partial charge in [-0.05, 0) is 36.6 Å². The average Bonchev–Trinajstić information content (AvgIpc) is 2.70. The Morgan fingerprint density at radius 3 is 2.90 bits per heavy atom. The molecule has 0 spiro atoms. The van der Waals surface area contributed by atoms with Gasteiger partial charge in [-0.2, -0.15) is 0 Å². The summed E-state index contributed by atoms with van der Waals surface area (Å²) in [4.78, 5) is 24.3. The second kappa shape index (κ2) is 6.72. The largest absolute Gasteiger partial charge is 0.481 e. The molecule has 1 atom stereocenters. The Morgan fingerprint density at radius 2 is 2.24 bits per heavy atom. The van der Waals surface area contributed by atoms with Crippen LogP contribution in [0.15, 0.2) is 18.2 Å². The van der Waals surface area contributed by atoms with E-state index in [1.165, 1.54) is 0 Å². The van der Waals surface area contributed by atoms with Gasteiger partial charge >= 0.3 is 5.97 Å². The highest BCUT2D eigenvalue weighted by Crippen LogP contribution is 2.28. The number of aliphatic carboxylic acids is 1. The van der Waals surface area contributed by atoms with E-state index in [1.54, 1.807) is 11.9 Å². The molecule has 1 amide bonds. The van der Waals surface area contributed by atoms with Crippen LogP contribution in [0.25, 0.3) is 0 Å². The number of carboxylic acids is 1. The third-order valence-electron chi connectivity index (χ3n) is 3.81. The van der Waals surface area contributed by atoms with Gasteiger partial charge < -0.3 is 15.3 Å². The van der Waals surface area contributed by atoms with Crippen molar-refractivity contribution in [2.45, 2.75) is 38.6 Å². The van der Waals surface area contributed by atoms with Crippen molar-refractivity contribution in [3.63, 3.8) is 0 Å². The van der Waals surface area contributed by atoms with E-state index in [2.05, 4.69) is 12.2 Å². The highest BCUT2D eigenvalue weighted by Gasteiger charge is 2.24. The Labute approximate surface area is 125 Å². The molecule has 1 unspecified atom stereocenters. The van der Waals surface area contributed by atoms with E-state index in [4.69, 9.17) is 5.11 Å². The van der Waals surface area contributed by atoms with Gasteiger partial charge in [0.15, 0.2) is 0 Å². The summed E-state index contributed by atoms with van der Waals surface area (Å²) in [6.45, 7) is 2.87. The Hall–Kier alpha value is -1.88. The van der Waals surface area contributed by atoms with E-state index in [0.29, 0.717) is 12.8 Å². The SMILES string of the molecule is CCCNC(CC(=O)O)Cc1ccc2c(c1)CC(=O)N2C. The zero-order chi connectivity index (χ0) is 15.4. The van der Waals surface area contributed by atoms with Gasteiger partial charge in [-0.15, -0.1) is 0 Å². The van der Waals surface area contributed by atoms with Gasteiger partial charge in [-0.3, -0.25) is 9.59 Å². The lowest BCUT2D eigenvalue weighted by atomic mass is 10.00. The minimum Gasteiger partial charge on any atom is -0.481 e. The predicted octanol–water partition coefficient (Wildman–Crippen LogP) is 1.59. The van der Waals surface area contributed by atoms with Gasteiger partial charge in [0.05, 0.1) is 12.8 Å². The van der Waals surface area contributed by atoms with Crippen LogP contribution in [0.3, 0.4) is 0 Å². The molecule has 21 heavy (non-hydrogen) atoms. The van der Waals surface area contributed by atoms with E-state index >= 15 is 0 Å². The lowest BCUT2D eigenvalue weighted by Crippen LogP contribution is -2.34. The van der Waals surface area contributed by atoms with Crippen LogP contribution in [0.2, 0.25) is 0 Å². The Balaban J connectivity index is 2.09. The number of nitrogens with one attached hydrogen (secondary N) is 1. The number of carbonyl (C=O) groups excluding carboxylic acids is 1. The average molecular weight is 290 g/mol. The Bertz CT molecular complexity index is 542. The summed E-state index contributed by atoms with van der Waals surface area (Å²) in [5.41, 5.74) is 3.07. The number of rotatable bonds is 7. The summed E-state index contributed by atoms with van der Waals surface area (Å²) in [7, 11) is 1.78. The maximum atomic E-state index is 11.7. The third kappa shape index (κ3) is 3.82. The first-order valence-electron chi connectivity index (χ1n) is 7.34. The summed E-state index contributed by atoms with van der Waals surface area (Å²) in [6, 6.07) is 5.89. The number of nitrogens with zero attached hydrogens (tertiary/aromatic N) is 1. The molecule has 1 aliphatic heterocycles. The van der Waals surface area contributed by atoms with Crippen molar-refractivity contribution in [2.75, 3.05) is 18.5 Å². The monoisotopic (exact) mass is 290 g/mol. The van der Waals surface area contributed by atoms with Crippen LogP contribution in [0.5, 0.6) is 0 Å². The van der Waals surface area contributed by atoms with Crippen LogP contribution in [-0.2, 0) is 22.4 Å². The first-order chi connectivity index (χ1) is 10.0. The lowest BCUT2D eigenvalue weighted by Gasteiger charge is -2.17. The van der Waals surface area contributed by atoms with Crippen LogP contribution < -0.4 is 10.2 Å². The number of fused-ring (bicyclic) bond motifs is 1. The maximum Gasteiger partial charge on any atom is 0.304 e. The summed E-state index contributed by atoms with van der Waals surface area (Å²) < 4.78 is 0. The van der Waals surface area contributed by atoms with Gasteiger partial charge in [0, 0.05) is 18.8 Å². The molecule has 2 N–H and O–H groups in total. The Kier molecular flexibility index (Phi) is 4.96. The summed E-state index contributed by atoms with van der Waals surface area (Å²) in [5, 5.41) is 12.3. The highest BCUT2D eigenvalue weighted by atomic mass is 16.4. The first kappa shape index (κ1) is 15.5. The van der Waals surface area contributed by atoms with Crippen LogP contribution in [0, 0.1) is 0 Å². The molecule has 0 aromatic heterocycles.